The number of benzene rings is 1. The molecule has 0 fully saturated rings. The molecule has 0 aliphatic carbocycles. The lowest BCUT2D eigenvalue weighted by atomic mass is 10.1. The van der Waals surface area contributed by atoms with Gasteiger partial charge in [0.15, 0.2) is 5.17 Å². The highest BCUT2D eigenvalue weighted by Crippen LogP contribution is 2.20. The normalized spacial score (nSPS) is 11.8. The van der Waals surface area contributed by atoms with Crippen molar-refractivity contribution in [1.82, 2.24) is 0 Å². The lowest BCUT2D eigenvalue weighted by molar-refractivity contribution is 0.321. The number of rotatable bonds is 1. The number of hydrogen-bond acceptors (Lipinski definition) is 2. The Kier molecular flexibility index (Phi) is 2.95. The highest BCUT2D eigenvalue weighted by Gasteiger charge is 2.06. The van der Waals surface area contributed by atoms with Gasteiger partial charge in [-0.3, -0.25) is 0 Å². The Morgan fingerprint density at radius 1 is 1.50 bits per heavy atom. The molecular weight excluding hydrogens is 197 g/mol. The molecule has 1 N–H and O–H groups in total. The van der Waals surface area contributed by atoms with Gasteiger partial charge in [-0.25, -0.2) is 0 Å². The number of nitrogens with zero attached hydrogens (tertiary/aromatic N) is 1. The smallest absolute Gasteiger partial charge is 0.175 e. The Bertz CT molecular complexity index is 323. The van der Waals surface area contributed by atoms with E-state index >= 15 is 0 Å². The van der Waals surface area contributed by atoms with Gasteiger partial charge in [-0.05, 0) is 18.6 Å². The van der Waals surface area contributed by atoms with E-state index < -0.39 is 0 Å². The molecule has 0 bridgehead atoms. The van der Waals surface area contributed by atoms with E-state index in [1.165, 1.54) is 0 Å². The van der Waals surface area contributed by atoms with Gasteiger partial charge in [0.05, 0.1) is 0 Å². The first kappa shape index (κ1) is 9.36. The van der Waals surface area contributed by atoms with Crippen molar-refractivity contribution < 1.29 is 5.21 Å². The summed E-state index contributed by atoms with van der Waals surface area (Å²) in [5.41, 5.74) is 1.45. The predicted octanol–water partition coefficient (Wildman–Crippen LogP) is 3.02. The maximum Gasteiger partial charge on any atom is 0.175 e. The molecule has 0 aliphatic rings. The van der Waals surface area contributed by atoms with E-state index in [1.807, 2.05) is 6.92 Å². The summed E-state index contributed by atoms with van der Waals surface area (Å²) in [5, 5.41) is 12.0. The first-order valence-corrected chi connectivity index (χ1v) is 4.05. The van der Waals surface area contributed by atoms with Crippen LogP contribution in [0.3, 0.4) is 0 Å². The summed E-state index contributed by atoms with van der Waals surface area (Å²) in [6, 6.07) is 5.24. The molecular formula is C8H7Cl2NO. The average molecular weight is 204 g/mol. The fourth-order valence-electron chi connectivity index (χ4n) is 0.885. The predicted molar refractivity (Wildman–Crippen MR) is 50.4 cm³/mol. The molecule has 2 nitrogen and oxygen atoms in total. The molecule has 12 heavy (non-hydrogen) atoms. The minimum Gasteiger partial charge on any atom is -0.410 e. The van der Waals surface area contributed by atoms with E-state index in [0.717, 1.165) is 5.56 Å². The molecule has 1 aromatic rings. The van der Waals surface area contributed by atoms with Crippen LogP contribution in [0.4, 0.5) is 0 Å². The van der Waals surface area contributed by atoms with Crippen molar-refractivity contribution in [2.24, 2.45) is 5.16 Å². The highest BCUT2D eigenvalue weighted by atomic mass is 35.5. The average Bonchev–Trinajstić information content (AvgIpc) is 2.08. The summed E-state index contributed by atoms with van der Waals surface area (Å²) in [5.74, 6) is 0. The second kappa shape index (κ2) is 3.78. The van der Waals surface area contributed by atoms with Crippen LogP contribution in [0.15, 0.2) is 23.4 Å². The maximum absolute atomic E-state index is 8.42. The third-order valence-corrected chi connectivity index (χ3v) is 2.27. The summed E-state index contributed by atoms with van der Waals surface area (Å²) >= 11 is 11.4. The van der Waals surface area contributed by atoms with Crippen molar-refractivity contribution in [3.8, 4) is 0 Å². The third kappa shape index (κ3) is 1.71. The van der Waals surface area contributed by atoms with Crippen molar-refractivity contribution in [1.29, 1.82) is 0 Å². The summed E-state index contributed by atoms with van der Waals surface area (Å²) in [4.78, 5) is 0. The second-order valence-corrected chi connectivity index (χ2v) is 3.07. The number of halogens is 2. The van der Waals surface area contributed by atoms with E-state index in [9.17, 15) is 0 Å². The minimum absolute atomic E-state index is 0.0509. The van der Waals surface area contributed by atoms with E-state index in [2.05, 4.69) is 5.16 Å². The van der Waals surface area contributed by atoms with Crippen LogP contribution in [-0.2, 0) is 0 Å². The summed E-state index contributed by atoms with van der Waals surface area (Å²) in [7, 11) is 0. The van der Waals surface area contributed by atoms with Crippen molar-refractivity contribution >= 4 is 28.4 Å². The van der Waals surface area contributed by atoms with Gasteiger partial charge in [0.2, 0.25) is 0 Å². The topological polar surface area (TPSA) is 32.6 Å². The van der Waals surface area contributed by atoms with Crippen molar-refractivity contribution in [2.75, 3.05) is 0 Å². The summed E-state index contributed by atoms with van der Waals surface area (Å²) in [6.07, 6.45) is 0. The molecule has 0 saturated heterocycles. The number of oxime groups is 1. The van der Waals surface area contributed by atoms with Crippen LogP contribution in [0, 0.1) is 6.92 Å². The van der Waals surface area contributed by atoms with Gasteiger partial charge in [-0.15, -0.1) is 0 Å². The van der Waals surface area contributed by atoms with Crippen LogP contribution in [0.25, 0.3) is 0 Å². The SMILES string of the molecule is Cc1c(Cl)cccc1C(Cl)=NO. The molecule has 0 spiro atoms. The van der Waals surface area contributed by atoms with Gasteiger partial charge >= 0.3 is 0 Å². The van der Waals surface area contributed by atoms with Gasteiger partial charge in [0.25, 0.3) is 0 Å². The van der Waals surface area contributed by atoms with Gasteiger partial charge < -0.3 is 5.21 Å². The second-order valence-electron chi connectivity index (χ2n) is 2.30. The minimum atomic E-state index is 0.0509. The molecule has 0 radical (unpaired) electrons. The fraction of sp³-hybridized carbons (Fsp3) is 0.125. The fourth-order valence-corrected chi connectivity index (χ4v) is 1.26. The zero-order chi connectivity index (χ0) is 9.14. The maximum atomic E-state index is 8.42. The summed E-state index contributed by atoms with van der Waals surface area (Å²) < 4.78 is 0. The number of hydrogen-bond donors (Lipinski definition) is 1. The van der Waals surface area contributed by atoms with Crippen molar-refractivity contribution in [3.63, 3.8) is 0 Å². The zero-order valence-corrected chi connectivity index (χ0v) is 7.89. The first-order chi connectivity index (χ1) is 5.66. The molecule has 0 aromatic heterocycles. The Labute approximate surface area is 80.4 Å². The Morgan fingerprint density at radius 3 is 2.75 bits per heavy atom. The quantitative estimate of drug-likeness (QED) is 0.425. The Morgan fingerprint density at radius 2 is 2.17 bits per heavy atom. The van der Waals surface area contributed by atoms with Gasteiger partial charge in [-0.2, -0.15) is 0 Å². The zero-order valence-electron chi connectivity index (χ0n) is 6.38. The molecule has 0 aliphatic heterocycles. The van der Waals surface area contributed by atoms with Crippen LogP contribution in [0.1, 0.15) is 11.1 Å². The van der Waals surface area contributed by atoms with Crippen molar-refractivity contribution in [3.05, 3.63) is 34.3 Å². The van der Waals surface area contributed by atoms with Crippen LogP contribution < -0.4 is 0 Å². The Hall–Kier alpha value is -0.730. The standard InChI is InChI=1S/C8H7Cl2NO/c1-5-6(8(10)11-12)3-2-4-7(5)9/h2-4,12H,1H3. The van der Waals surface area contributed by atoms with E-state index in [1.54, 1.807) is 18.2 Å². The molecule has 0 unspecified atom stereocenters. The van der Waals surface area contributed by atoms with Gasteiger partial charge in [0, 0.05) is 10.6 Å². The summed E-state index contributed by atoms with van der Waals surface area (Å²) in [6.45, 7) is 1.81. The monoisotopic (exact) mass is 203 g/mol. The highest BCUT2D eigenvalue weighted by molar-refractivity contribution is 6.69. The molecule has 1 aromatic carbocycles. The van der Waals surface area contributed by atoms with Gasteiger partial charge in [-0.1, -0.05) is 40.5 Å². The van der Waals surface area contributed by atoms with Crippen LogP contribution in [-0.4, -0.2) is 10.4 Å². The molecule has 0 atom stereocenters. The molecule has 64 valence electrons. The van der Waals surface area contributed by atoms with Crippen LogP contribution >= 0.6 is 23.2 Å². The lowest BCUT2D eigenvalue weighted by Crippen LogP contribution is -1.94. The van der Waals surface area contributed by atoms with Crippen LogP contribution in [0.5, 0.6) is 0 Å². The van der Waals surface area contributed by atoms with E-state index in [-0.39, 0.29) is 5.17 Å². The molecule has 0 amide bonds. The third-order valence-electron chi connectivity index (χ3n) is 1.58. The molecule has 0 saturated carbocycles. The molecule has 1 rings (SSSR count). The first-order valence-electron chi connectivity index (χ1n) is 3.30. The van der Waals surface area contributed by atoms with E-state index in [4.69, 9.17) is 28.4 Å². The van der Waals surface area contributed by atoms with Gasteiger partial charge in [0.1, 0.15) is 0 Å². The Balaban J connectivity index is 3.26. The molecule has 0 heterocycles. The van der Waals surface area contributed by atoms with Crippen molar-refractivity contribution in [2.45, 2.75) is 6.92 Å². The lowest BCUT2D eigenvalue weighted by Gasteiger charge is -2.02. The largest absolute Gasteiger partial charge is 0.410 e. The van der Waals surface area contributed by atoms with Crippen LogP contribution in [0.2, 0.25) is 5.02 Å². The molecule has 4 heteroatoms. The van der Waals surface area contributed by atoms with E-state index in [0.29, 0.717) is 10.6 Å².